The van der Waals surface area contributed by atoms with Crippen molar-refractivity contribution in [3.63, 3.8) is 0 Å². The molecule has 0 N–H and O–H groups in total. The summed E-state index contributed by atoms with van der Waals surface area (Å²) in [4.78, 5) is 16.4. The van der Waals surface area contributed by atoms with E-state index in [2.05, 4.69) is 21.3 Å². The van der Waals surface area contributed by atoms with Crippen molar-refractivity contribution in [2.24, 2.45) is 4.99 Å². The van der Waals surface area contributed by atoms with Gasteiger partial charge in [0.25, 0.3) is 5.69 Å². The minimum absolute atomic E-state index is 0.0968. The van der Waals surface area contributed by atoms with Gasteiger partial charge in [-0.3, -0.25) is 14.7 Å². The Hall–Kier alpha value is -5.73. The molecule has 0 aliphatic carbocycles. The lowest BCUT2D eigenvalue weighted by molar-refractivity contribution is -0.384. The lowest BCUT2D eigenvalue weighted by Crippen LogP contribution is -2.00. The Balaban J connectivity index is 1.44. The third kappa shape index (κ3) is 5.47. The fourth-order valence-corrected chi connectivity index (χ4v) is 5.56. The summed E-state index contributed by atoms with van der Waals surface area (Å²) >= 11 is 1.29. The zero-order valence-electron chi connectivity index (χ0n) is 22.7. The molecule has 11 heteroatoms. The molecule has 0 atom stereocenters. The van der Waals surface area contributed by atoms with Crippen LogP contribution in [0.5, 0.6) is 0 Å². The normalized spacial score (nSPS) is 11.2. The smallest absolute Gasteiger partial charge is 0.270 e. The molecule has 6 aromatic rings. The first-order chi connectivity index (χ1) is 21.1. The van der Waals surface area contributed by atoms with Gasteiger partial charge in [0, 0.05) is 46.5 Å². The third-order valence-corrected chi connectivity index (χ3v) is 7.68. The Kier molecular flexibility index (Phi) is 7.67. The van der Waals surface area contributed by atoms with E-state index in [1.807, 2.05) is 72.2 Å². The predicted molar refractivity (Wildman–Crippen MR) is 162 cm³/mol. The van der Waals surface area contributed by atoms with Crippen molar-refractivity contribution in [2.75, 3.05) is 0 Å². The molecule has 0 unspecified atom stereocenters. The second-order valence-corrected chi connectivity index (χ2v) is 10.2. The van der Waals surface area contributed by atoms with Gasteiger partial charge in [0.15, 0.2) is 16.7 Å². The molecule has 0 amide bonds. The van der Waals surface area contributed by atoms with E-state index in [-0.39, 0.29) is 17.1 Å². The number of nitro groups is 1. The Morgan fingerprint density at radius 1 is 1.02 bits per heavy atom. The van der Waals surface area contributed by atoms with Crippen LogP contribution in [0.15, 0.2) is 121 Å². The molecule has 0 spiro atoms. The molecule has 10 nitrogen and oxygen atoms in total. The zero-order valence-corrected chi connectivity index (χ0v) is 23.6. The van der Waals surface area contributed by atoms with Crippen LogP contribution in [-0.4, -0.2) is 25.9 Å². The van der Waals surface area contributed by atoms with Gasteiger partial charge in [0.05, 0.1) is 11.2 Å². The Morgan fingerprint density at radius 2 is 1.77 bits per heavy atom. The van der Waals surface area contributed by atoms with Gasteiger partial charge in [-0.2, -0.15) is 5.26 Å². The topological polar surface area (TPSA) is 136 Å². The second-order valence-electron chi connectivity index (χ2n) is 9.20. The number of furan rings is 2. The van der Waals surface area contributed by atoms with Crippen LogP contribution in [0.2, 0.25) is 0 Å². The third-order valence-electron chi connectivity index (χ3n) is 6.60. The Labute approximate surface area is 250 Å². The van der Waals surface area contributed by atoms with Crippen LogP contribution in [0, 0.1) is 21.4 Å². The van der Waals surface area contributed by atoms with Gasteiger partial charge in [-0.15, -0.1) is 10.2 Å². The van der Waals surface area contributed by atoms with E-state index in [4.69, 9.17) is 8.83 Å². The van der Waals surface area contributed by atoms with Crippen molar-refractivity contribution in [1.29, 1.82) is 5.26 Å². The standard InChI is InChI=1S/C32H22N6O4S/c1-2-37-30(26-14-9-17-41-26)35-36-32(37)43-27-16-15-24(38(39)40)18-23(27)20-34-31-25(19-33)28(21-10-5-3-6-11-21)29(42-31)22-12-7-4-8-13-22/h3-18,20H,2H2,1H3. The van der Waals surface area contributed by atoms with Gasteiger partial charge in [0.1, 0.15) is 17.4 Å². The van der Waals surface area contributed by atoms with Crippen LogP contribution >= 0.6 is 11.8 Å². The number of rotatable bonds is 9. The van der Waals surface area contributed by atoms with E-state index in [0.717, 1.165) is 11.1 Å². The molecule has 0 saturated heterocycles. The van der Waals surface area contributed by atoms with Crippen LogP contribution < -0.4 is 0 Å². The second kappa shape index (κ2) is 12.0. The van der Waals surface area contributed by atoms with Crippen molar-refractivity contribution in [2.45, 2.75) is 23.5 Å². The molecule has 0 bridgehead atoms. The highest BCUT2D eigenvalue weighted by molar-refractivity contribution is 7.99. The zero-order chi connectivity index (χ0) is 29.8. The maximum Gasteiger partial charge on any atom is 0.270 e. The maximum atomic E-state index is 11.7. The van der Waals surface area contributed by atoms with Crippen molar-refractivity contribution >= 4 is 29.5 Å². The fraction of sp³-hybridized carbons (Fsp3) is 0.0625. The summed E-state index contributed by atoms with van der Waals surface area (Å²) in [7, 11) is 0. The van der Waals surface area contributed by atoms with E-state index in [1.165, 1.54) is 30.1 Å². The first-order valence-corrected chi connectivity index (χ1v) is 14.0. The summed E-state index contributed by atoms with van der Waals surface area (Å²) in [6, 6.07) is 29.3. The molecule has 0 saturated carbocycles. The van der Waals surface area contributed by atoms with E-state index >= 15 is 0 Å². The number of non-ortho nitro benzene ring substituents is 1. The van der Waals surface area contributed by atoms with Gasteiger partial charge in [-0.05, 0) is 42.4 Å². The van der Waals surface area contributed by atoms with Crippen LogP contribution in [0.3, 0.4) is 0 Å². The summed E-state index contributed by atoms with van der Waals surface area (Å²) < 4.78 is 13.6. The molecule has 0 fully saturated rings. The van der Waals surface area contributed by atoms with Gasteiger partial charge >= 0.3 is 0 Å². The number of hydrogen-bond donors (Lipinski definition) is 0. The molecule has 3 aromatic heterocycles. The lowest BCUT2D eigenvalue weighted by atomic mass is 9.98. The summed E-state index contributed by atoms with van der Waals surface area (Å²) in [6.07, 6.45) is 3.04. The van der Waals surface area contributed by atoms with Gasteiger partial charge in [0.2, 0.25) is 5.88 Å². The SMILES string of the molecule is CCn1c(Sc2ccc([N+](=O)[O-])cc2C=Nc2oc(-c3ccccc3)c(-c3ccccc3)c2C#N)nnc1-c1ccco1. The number of aliphatic imine (C=N–C) groups is 1. The number of benzene rings is 3. The summed E-state index contributed by atoms with van der Waals surface area (Å²) in [5.74, 6) is 1.75. The van der Waals surface area contributed by atoms with Crippen molar-refractivity contribution in [3.8, 4) is 40.1 Å². The number of hydrogen-bond acceptors (Lipinski definition) is 9. The van der Waals surface area contributed by atoms with Crippen LogP contribution in [0.4, 0.5) is 11.6 Å². The van der Waals surface area contributed by atoms with E-state index in [0.29, 0.717) is 45.1 Å². The largest absolute Gasteiger partial charge is 0.461 e. The Morgan fingerprint density at radius 3 is 2.42 bits per heavy atom. The molecule has 3 aromatic carbocycles. The number of aromatic nitrogens is 3. The van der Waals surface area contributed by atoms with Gasteiger partial charge in [-0.1, -0.05) is 60.7 Å². The highest BCUT2D eigenvalue weighted by Gasteiger charge is 2.23. The van der Waals surface area contributed by atoms with Gasteiger partial charge < -0.3 is 8.83 Å². The Bertz CT molecular complexity index is 1970. The summed E-state index contributed by atoms with van der Waals surface area (Å²) in [5, 5.41) is 31.1. The fourth-order valence-electron chi connectivity index (χ4n) is 4.59. The quantitative estimate of drug-likeness (QED) is 0.0940. The monoisotopic (exact) mass is 586 g/mol. The summed E-state index contributed by atoms with van der Waals surface area (Å²) in [6.45, 7) is 2.54. The first-order valence-electron chi connectivity index (χ1n) is 13.2. The van der Waals surface area contributed by atoms with Crippen LogP contribution in [0.25, 0.3) is 34.0 Å². The van der Waals surface area contributed by atoms with Crippen molar-refractivity contribution in [3.05, 3.63) is 118 Å². The lowest BCUT2D eigenvalue weighted by Gasteiger charge is -2.08. The molecule has 43 heavy (non-hydrogen) atoms. The number of nitriles is 1. The molecular formula is C32H22N6O4S. The number of nitro benzene ring substituents is 1. The van der Waals surface area contributed by atoms with E-state index < -0.39 is 4.92 Å². The highest BCUT2D eigenvalue weighted by Crippen LogP contribution is 2.42. The molecule has 0 aliphatic rings. The highest BCUT2D eigenvalue weighted by atomic mass is 32.2. The minimum Gasteiger partial charge on any atom is -0.461 e. The first kappa shape index (κ1) is 27.4. The van der Waals surface area contributed by atoms with Crippen molar-refractivity contribution in [1.82, 2.24) is 14.8 Å². The van der Waals surface area contributed by atoms with E-state index in [9.17, 15) is 15.4 Å². The van der Waals surface area contributed by atoms with Crippen LogP contribution in [-0.2, 0) is 6.54 Å². The molecule has 3 heterocycles. The predicted octanol–water partition coefficient (Wildman–Crippen LogP) is 8.17. The number of nitrogens with zero attached hydrogens (tertiary/aromatic N) is 6. The van der Waals surface area contributed by atoms with Gasteiger partial charge in [-0.25, -0.2) is 4.99 Å². The van der Waals surface area contributed by atoms with Crippen LogP contribution in [0.1, 0.15) is 18.1 Å². The average molecular weight is 587 g/mol. The molecule has 0 radical (unpaired) electrons. The molecule has 210 valence electrons. The van der Waals surface area contributed by atoms with E-state index in [1.54, 1.807) is 24.5 Å². The maximum absolute atomic E-state index is 11.7. The average Bonchev–Trinajstić information content (AvgIpc) is 3.80. The molecular weight excluding hydrogens is 564 g/mol. The molecule has 6 rings (SSSR count). The van der Waals surface area contributed by atoms with Crippen molar-refractivity contribution < 1.29 is 13.8 Å². The minimum atomic E-state index is -0.468. The summed E-state index contributed by atoms with van der Waals surface area (Å²) in [5.41, 5.74) is 2.82. The molecule has 0 aliphatic heterocycles.